The lowest BCUT2D eigenvalue weighted by molar-refractivity contribution is 0.0917. The first-order valence-electron chi connectivity index (χ1n) is 8.18. The van der Waals surface area contributed by atoms with E-state index in [1.807, 2.05) is 0 Å². The number of benzene rings is 1. The lowest BCUT2D eigenvalue weighted by Crippen LogP contribution is -2.40. The van der Waals surface area contributed by atoms with E-state index in [-0.39, 0.29) is 17.4 Å². The van der Waals surface area contributed by atoms with Crippen molar-refractivity contribution in [2.45, 2.75) is 37.9 Å². The van der Waals surface area contributed by atoms with Gasteiger partial charge in [-0.3, -0.25) is 4.79 Å². The Morgan fingerprint density at radius 2 is 1.81 bits per heavy atom. The number of methoxy groups -OCH3 is 2. The van der Waals surface area contributed by atoms with Crippen LogP contribution >= 0.6 is 0 Å². The minimum Gasteiger partial charge on any atom is -0.497 e. The lowest BCUT2D eigenvalue weighted by atomic mass is 10.1. The fraction of sp³-hybridized carbons (Fsp3) is 0.389. The Morgan fingerprint density at radius 1 is 1.11 bits per heavy atom. The van der Waals surface area contributed by atoms with Crippen LogP contribution < -0.4 is 19.5 Å². The molecule has 0 aliphatic heterocycles. The van der Waals surface area contributed by atoms with Gasteiger partial charge in [-0.05, 0) is 51.1 Å². The molecule has 1 aromatic heterocycles. The fourth-order valence-corrected chi connectivity index (χ4v) is 3.68. The Labute approximate surface area is 158 Å². The highest BCUT2D eigenvalue weighted by Gasteiger charge is 2.26. The third-order valence-corrected chi connectivity index (χ3v) is 5.07. The molecule has 2 rings (SSSR count). The van der Waals surface area contributed by atoms with E-state index in [0.717, 1.165) is 0 Å². The van der Waals surface area contributed by atoms with Crippen LogP contribution in [0.25, 0.3) is 0 Å². The van der Waals surface area contributed by atoms with Gasteiger partial charge in [-0.15, -0.1) is 0 Å². The topological polar surface area (TPSA) is 107 Å². The normalized spacial score (nSPS) is 11.9. The number of hydrogen-bond acceptors (Lipinski definition) is 6. The molecule has 9 heteroatoms. The van der Waals surface area contributed by atoms with Crippen molar-refractivity contribution in [1.29, 1.82) is 0 Å². The van der Waals surface area contributed by atoms with Crippen molar-refractivity contribution in [3.63, 3.8) is 0 Å². The summed E-state index contributed by atoms with van der Waals surface area (Å²) in [5, 5.41) is 2.35. The molecule has 0 radical (unpaired) electrons. The Morgan fingerprint density at radius 3 is 2.41 bits per heavy atom. The average molecular weight is 396 g/mol. The minimum atomic E-state index is -3.85. The zero-order valence-electron chi connectivity index (χ0n) is 16.0. The number of nitrogens with one attached hydrogen (secondary N) is 2. The number of hydrogen-bond donors (Lipinski definition) is 2. The second kappa shape index (κ2) is 8.01. The molecular formula is C18H24N2O6S. The number of furan rings is 1. The van der Waals surface area contributed by atoms with E-state index in [0.29, 0.717) is 17.1 Å². The van der Waals surface area contributed by atoms with Gasteiger partial charge in [0.05, 0.1) is 14.2 Å². The highest BCUT2D eigenvalue weighted by atomic mass is 32.2. The number of carbonyl (C=O) groups is 1. The molecule has 0 saturated carbocycles. The van der Waals surface area contributed by atoms with Crippen molar-refractivity contribution in [2.75, 3.05) is 14.2 Å². The van der Waals surface area contributed by atoms with Gasteiger partial charge in [-0.2, -0.15) is 0 Å². The van der Waals surface area contributed by atoms with E-state index >= 15 is 0 Å². The van der Waals surface area contributed by atoms with Gasteiger partial charge in [0.15, 0.2) is 5.76 Å². The molecule has 0 atom stereocenters. The maximum atomic E-state index is 12.3. The maximum Gasteiger partial charge on any atom is 0.287 e. The predicted octanol–water partition coefficient (Wildman–Crippen LogP) is 2.30. The van der Waals surface area contributed by atoms with Gasteiger partial charge >= 0.3 is 0 Å². The van der Waals surface area contributed by atoms with Crippen LogP contribution in [0.3, 0.4) is 0 Å². The zero-order chi connectivity index (χ0) is 20.2. The molecule has 2 aromatic rings. The first-order valence-corrected chi connectivity index (χ1v) is 9.67. The Balaban J connectivity index is 2.11. The lowest BCUT2D eigenvalue weighted by Gasteiger charge is -2.18. The van der Waals surface area contributed by atoms with Crippen LogP contribution in [0.5, 0.6) is 11.5 Å². The van der Waals surface area contributed by atoms with E-state index in [4.69, 9.17) is 13.9 Å². The monoisotopic (exact) mass is 396 g/mol. The second-order valence-corrected chi connectivity index (χ2v) is 8.45. The van der Waals surface area contributed by atoms with Crippen molar-refractivity contribution < 1.29 is 27.1 Å². The molecule has 0 unspecified atom stereocenters. The minimum absolute atomic E-state index is 0.105. The van der Waals surface area contributed by atoms with Crippen LogP contribution in [0.2, 0.25) is 0 Å². The molecule has 2 N–H and O–H groups in total. The predicted molar refractivity (Wildman–Crippen MR) is 99.5 cm³/mol. The summed E-state index contributed by atoms with van der Waals surface area (Å²) in [5.74, 6) is 0.566. The van der Waals surface area contributed by atoms with E-state index < -0.39 is 21.5 Å². The Bertz CT molecular complexity index is 912. The van der Waals surface area contributed by atoms with Crippen molar-refractivity contribution in [3.8, 4) is 11.5 Å². The van der Waals surface area contributed by atoms with E-state index in [1.54, 1.807) is 46.1 Å². The largest absolute Gasteiger partial charge is 0.497 e. The van der Waals surface area contributed by atoms with Gasteiger partial charge < -0.3 is 19.2 Å². The molecule has 0 fully saturated rings. The third-order valence-electron chi connectivity index (χ3n) is 3.44. The molecule has 0 spiro atoms. The zero-order valence-corrected chi connectivity index (χ0v) is 16.8. The first-order chi connectivity index (χ1) is 12.6. The summed E-state index contributed by atoms with van der Waals surface area (Å²) in [5.41, 5.74) is 0.0377. The second-order valence-electron chi connectivity index (χ2n) is 6.83. The summed E-state index contributed by atoms with van der Waals surface area (Å²) in [6, 6.07) is 7.78. The summed E-state index contributed by atoms with van der Waals surface area (Å²) in [6.45, 7) is 5.29. The standard InChI is InChI=1S/C18H24N2O6S/c1-18(2,3)20-27(22,23)16-9-8-15(26-16)17(21)19-11-12-10-13(24-4)6-7-14(12)25-5/h6-10,20H,11H2,1-5H3,(H,19,21). The number of rotatable bonds is 7. The molecule has 1 amide bonds. The van der Waals surface area contributed by atoms with Gasteiger partial charge in [0, 0.05) is 17.6 Å². The van der Waals surface area contributed by atoms with E-state index in [9.17, 15) is 13.2 Å². The third kappa shape index (κ3) is 5.48. The molecule has 1 heterocycles. The molecule has 148 valence electrons. The number of sulfonamides is 1. The molecular weight excluding hydrogens is 372 g/mol. The number of amides is 1. The first kappa shape index (κ1) is 20.8. The van der Waals surface area contributed by atoms with Crippen LogP contribution in [0.1, 0.15) is 36.9 Å². The summed E-state index contributed by atoms with van der Waals surface area (Å²) in [7, 11) is -0.782. The average Bonchev–Trinajstić information content (AvgIpc) is 3.08. The van der Waals surface area contributed by atoms with Crippen molar-refractivity contribution in [2.24, 2.45) is 0 Å². The quantitative estimate of drug-likeness (QED) is 0.744. The van der Waals surface area contributed by atoms with Gasteiger partial charge in [-0.1, -0.05) is 0 Å². The SMILES string of the molecule is COc1ccc(OC)c(CNC(=O)c2ccc(S(=O)(=O)NC(C)(C)C)o2)c1. The highest BCUT2D eigenvalue weighted by Crippen LogP contribution is 2.24. The van der Waals surface area contributed by atoms with E-state index in [1.165, 1.54) is 19.2 Å². The van der Waals surface area contributed by atoms with Crippen LogP contribution in [0.15, 0.2) is 39.8 Å². The molecule has 8 nitrogen and oxygen atoms in total. The molecule has 0 aliphatic rings. The van der Waals surface area contributed by atoms with Gasteiger partial charge in [0.1, 0.15) is 11.5 Å². The Hall–Kier alpha value is -2.52. The van der Waals surface area contributed by atoms with E-state index in [2.05, 4.69) is 10.0 Å². The molecule has 0 bridgehead atoms. The van der Waals surface area contributed by atoms with Crippen LogP contribution in [-0.2, 0) is 16.6 Å². The fourth-order valence-electron chi connectivity index (χ4n) is 2.32. The maximum absolute atomic E-state index is 12.3. The highest BCUT2D eigenvalue weighted by molar-refractivity contribution is 7.89. The van der Waals surface area contributed by atoms with Crippen molar-refractivity contribution in [1.82, 2.24) is 10.0 Å². The van der Waals surface area contributed by atoms with Gasteiger partial charge in [0.25, 0.3) is 15.9 Å². The Kier molecular flexibility index (Phi) is 6.17. The van der Waals surface area contributed by atoms with Crippen LogP contribution in [0, 0.1) is 0 Å². The summed E-state index contributed by atoms with van der Waals surface area (Å²) < 4.78 is 42.6. The number of ether oxygens (including phenoxy) is 2. The molecule has 1 aromatic carbocycles. The summed E-state index contributed by atoms with van der Waals surface area (Å²) in [6.07, 6.45) is 0. The smallest absolute Gasteiger partial charge is 0.287 e. The van der Waals surface area contributed by atoms with Gasteiger partial charge in [0.2, 0.25) is 5.09 Å². The summed E-state index contributed by atoms with van der Waals surface area (Å²) >= 11 is 0. The number of carbonyl (C=O) groups excluding carboxylic acids is 1. The van der Waals surface area contributed by atoms with Crippen molar-refractivity contribution in [3.05, 3.63) is 41.7 Å². The molecule has 0 aliphatic carbocycles. The van der Waals surface area contributed by atoms with Crippen molar-refractivity contribution >= 4 is 15.9 Å². The molecule has 0 saturated heterocycles. The van der Waals surface area contributed by atoms with Gasteiger partial charge in [-0.25, -0.2) is 13.1 Å². The summed E-state index contributed by atoms with van der Waals surface area (Å²) in [4.78, 5) is 12.3. The van der Waals surface area contributed by atoms with Crippen LogP contribution in [-0.4, -0.2) is 34.1 Å². The van der Waals surface area contributed by atoms with Crippen LogP contribution in [0.4, 0.5) is 0 Å². The molecule has 27 heavy (non-hydrogen) atoms.